The van der Waals surface area contributed by atoms with E-state index in [4.69, 9.17) is 31.9 Å². The normalized spacial score (nSPS) is 17.4. The van der Waals surface area contributed by atoms with Crippen LogP contribution < -0.4 is 11.5 Å². The van der Waals surface area contributed by atoms with Crippen molar-refractivity contribution in [1.82, 2.24) is 9.88 Å². The van der Waals surface area contributed by atoms with E-state index in [2.05, 4.69) is 40.9 Å². The average Bonchev–Trinajstić information content (AvgIpc) is 3.48. The second-order valence-electron chi connectivity index (χ2n) is 10.8. The van der Waals surface area contributed by atoms with E-state index in [9.17, 15) is 18.8 Å². The van der Waals surface area contributed by atoms with Crippen LogP contribution in [-0.2, 0) is 26.3 Å². The van der Waals surface area contributed by atoms with Crippen LogP contribution in [0.1, 0.15) is 55.7 Å². The van der Waals surface area contributed by atoms with Gasteiger partial charge in [-0.2, -0.15) is 4.39 Å². The van der Waals surface area contributed by atoms with Crippen molar-refractivity contribution in [2.75, 3.05) is 19.6 Å². The summed E-state index contributed by atoms with van der Waals surface area (Å²) >= 11 is 1.22. The number of hydrogen-bond acceptors (Lipinski definition) is 8. The van der Waals surface area contributed by atoms with Crippen molar-refractivity contribution in [3.63, 3.8) is 0 Å². The number of guanidine groups is 1. The largest absolute Gasteiger partial charge is 0.481 e. The number of aliphatic carboxylic acids is 3. The van der Waals surface area contributed by atoms with Crippen LogP contribution in [0.25, 0.3) is 0 Å². The maximum Gasteiger partial charge on any atom is 0.336 e. The lowest BCUT2D eigenvalue weighted by Gasteiger charge is -2.38. The molecule has 0 amide bonds. The smallest absolute Gasteiger partial charge is 0.336 e. The van der Waals surface area contributed by atoms with Gasteiger partial charge in [-0.3, -0.25) is 24.5 Å². The summed E-state index contributed by atoms with van der Waals surface area (Å²) < 4.78 is 13.4. The van der Waals surface area contributed by atoms with E-state index in [0.717, 1.165) is 42.9 Å². The molecule has 2 aromatic heterocycles. The highest BCUT2D eigenvalue weighted by atomic mass is 32.1. The predicted molar refractivity (Wildman–Crippen MR) is 151 cm³/mol. The van der Waals surface area contributed by atoms with Crippen molar-refractivity contribution in [1.29, 1.82) is 0 Å². The quantitative estimate of drug-likeness (QED) is 0.154. The van der Waals surface area contributed by atoms with Crippen LogP contribution in [0.5, 0.6) is 0 Å². The molecule has 1 atom stereocenters. The van der Waals surface area contributed by atoms with Crippen molar-refractivity contribution in [3.05, 3.63) is 51.7 Å². The molecular weight excluding hydrogens is 557 g/mol. The van der Waals surface area contributed by atoms with Gasteiger partial charge in [-0.25, -0.2) is 4.79 Å². The lowest BCUT2D eigenvalue weighted by atomic mass is 9.81. The zero-order chi connectivity index (χ0) is 31.0. The average molecular weight is 596 g/mol. The van der Waals surface area contributed by atoms with Crippen LogP contribution in [-0.4, -0.2) is 79.4 Å². The van der Waals surface area contributed by atoms with Gasteiger partial charge in [0.2, 0.25) is 0 Å². The van der Waals surface area contributed by atoms with Crippen molar-refractivity contribution >= 4 is 35.2 Å². The van der Waals surface area contributed by atoms with Crippen LogP contribution in [0, 0.1) is 17.5 Å². The topological polar surface area (TPSA) is 213 Å². The first kappa shape index (κ1) is 33.6. The molecule has 3 heterocycles. The van der Waals surface area contributed by atoms with Crippen LogP contribution in [0.2, 0.25) is 0 Å². The molecule has 41 heavy (non-hydrogen) atoms. The number of aryl methyl sites for hydroxylation is 2. The van der Waals surface area contributed by atoms with E-state index in [1.807, 2.05) is 19.2 Å². The number of nitrogens with zero attached hydrogens (tertiary/aromatic N) is 3. The highest BCUT2D eigenvalue weighted by Crippen LogP contribution is 2.42. The van der Waals surface area contributed by atoms with Gasteiger partial charge in [-0.05, 0) is 70.3 Å². The van der Waals surface area contributed by atoms with Gasteiger partial charge < -0.3 is 31.9 Å². The Morgan fingerprint density at radius 1 is 1.12 bits per heavy atom. The van der Waals surface area contributed by atoms with Gasteiger partial charge in [-0.15, -0.1) is 11.3 Å². The lowest BCUT2D eigenvalue weighted by molar-refractivity contribution is -0.170. The maximum absolute atomic E-state index is 13.4. The van der Waals surface area contributed by atoms with Gasteiger partial charge in [0.15, 0.2) is 16.7 Å². The van der Waals surface area contributed by atoms with E-state index in [-0.39, 0.29) is 22.0 Å². The minimum absolute atomic E-state index is 0.0140. The van der Waals surface area contributed by atoms with Crippen LogP contribution in [0.3, 0.4) is 0 Å². The third-order valence-corrected chi connectivity index (χ3v) is 8.19. The summed E-state index contributed by atoms with van der Waals surface area (Å²) in [4.78, 5) is 42.9. The van der Waals surface area contributed by atoms with Gasteiger partial charge in [-0.1, -0.05) is 6.07 Å². The molecule has 226 valence electrons. The SMILES string of the molecule is Cc1ccc(C(C)(C)N2CC[C@](CCc3ccc(F)s3)(CN=C(N)N)C2)cn1.O=C(O)CC(O)(CC(=O)O)C(=O)O. The minimum atomic E-state index is -2.74. The molecule has 12 nitrogen and oxygen atoms in total. The lowest BCUT2D eigenvalue weighted by Crippen LogP contribution is -2.42. The summed E-state index contributed by atoms with van der Waals surface area (Å²) in [5.74, 6) is -4.89. The Morgan fingerprint density at radius 2 is 1.76 bits per heavy atom. The molecule has 8 N–H and O–H groups in total. The second-order valence-corrected chi connectivity index (χ2v) is 12.0. The summed E-state index contributed by atoms with van der Waals surface area (Å²) in [5.41, 5.74) is 10.6. The first-order valence-electron chi connectivity index (χ1n) is 12.9. The number of carboxylic acids is 3. The monoisotopic (exact) mass is 595 g/mol. The number of pyridine rings is 1. The summed E-state index contributed by atoms with van der Waals surface area (Å²) in [6.07, 6.45) is 2.47. The Kier molecular flexibility index (Phi) is 11.3. The van der Waals surface area contributed by atoms with Crippen molar-refractivity contribution in [3.8, 4) is 0 Å². The van der Waals surface area contributed by atoms with Crippen molar-refractivity contribution in [2.24, 2.45) is 21.9 Å². The number of hydrogen-bond donors (Lipinski definition) is 6. The van der Waals surface area contributed by atoms with E-state index < -0.39 is 36.4 Å². The molecule has 14 heteroatoms. The highest BCUT2D eigenvalue weighted by Gasteiger charge is 2.43. The third kappa shape index (κ3) is 9.76. The van der Waals surface area contributed by atoms with E-state index in [1.54, 1.807) is 0 Å². The first-order chi connectivity index (χ1) is 19.0. The number of thiophene rings is 1. The van der Waals surface area contributed by atoms with Crippen LogP contribution in [0.4, 0.5) is 4.39 Å². The minimum Gasteiger partial charge on any atom is -0.481 e. The number of carbonyl (C=O) groups is 3. The number of likely N-dealkylation sites (tertiary alicyclic amines) is 1. The molecule has 0 spiro atoms. The zero-order valence-electron chi connectivity index (χ0n) is 23.3. The molecule has 1 saturated heterocycles. The van der Waals surface area contributed by atoms with Gasteiger partial charge in [0.1, 0.15) is 0 Å². The number of aliphatic hydroxyl groups is 1. The van der Waals surface area contributed by atoms with Gasteiger partial charge in [0.25, 0.3) is 0 Å². The molecule has 0 bridgehead atoms. The van der Waals surface area contributed by atoms with Gasteiger partial charge in [0.05, 0.1) is 12.8 Å². The molecule has 1 fully saturated rings. The van der Waals surface area contributed by atoms with Gasteiger partial charge in [0, 0.05) is 40.8 Å². The fourth-order valence-electron chi connectivity index (χ4n) is 4.68. The van der Waals surface area contributed by atoms with Crippen LogP contribution in [0.15, 0.2) is 35.5 Å². The van der Waals surface area contributed by atoms with Crippen molar-refractivity contribution < 1.29 is 39.2 Å². The number of nitrogens with two attached hydrogens (primary N) is 2. The van der Waals surface area contributed by atoms with E-state index in [0.29, 0.717) is 6.54 Å². The molecule has 0 unspecified atom stereocenters. The Morgan fingerprint density at radius 3 is 2.22 bits per heavy atom. The Balaban J connectivity index is 0.000000383. The van der Waals surface area contributed by atoms with Crippen molar-refractivity contribution in [2.45, 2.75) is 64.0 Å². The Hall–Kier alpha value is -3.62. The van der Waals surface area contributed by atoms with E-state index in [1.165, 1.54) is 23.0 Å². The Bertz CT molecular complexity index is 1230. The van der Waals surface area contributed by atoms with Gasteiger partial charge >= 0.3 is 17.9 Å². The number of aromatic nitrogens is 1. The molecule has 0 aliphatic carbocycles. The third-order valence-electron chi connectivity index (χ3n) is 7.26. The Labute approximate surface area is 241 Å². The molecular formula is C27H38FN5O7S. The molecule has 3 rings (SSSR count). The standard InChI is InChI=1S/C21H30FN5S.C6H8O7/c1-15-4-5-16(12-25-15)20(2,3)27-11-10-21(14-27,13-26-19(23)24)9-8-17-6-7-18(22)28-17;7-3(8)1-6(13,5(11)12)2-4(9)10/h4-7,12H,8-11,13-14H2,1-3H3,(H4,23,24,26);13H,1-2H2,(H,7,8)(H,9,10)(H,11,12)/t21-;/m1./s1. The number of aliphatic imine (C=N–C) groups is 1. The summed E-state index contributed by atoms with van der Waals surface area (Å²) in [7, 11) is 0. The molecule has 2 aromatic rings. The maximum atomic E-state index is 13.4. The summed E-state index contributed by atoms with van der Waals surface area (Å²) in [5, 5.41) is 33.7. The number of halogens is 1. The summed E-state index contributed by atoms with van der Waals surface area (Å²) in [6.45, 7) is 8.95. The molecule has 0 aromatic carbocycles. The molecule has 0 saturated carbocycles. The fourth-order valence-corrected chi connectivity index (χ4v) is 5.41. The molecule has 1 aliphatic rings. The summed E-state index contributed by atoms with van der Waals surface area (Å²) in [6, 6.07) is 7.64. The number of rotatable bonds is 12. The van der Waals surface area contributed by atoms with E-state index >= 15 is 0 Å². The second kappa shape index (κ2) is 13.8. The molecule has 1 aliphatic heterocycles. The molecule has 0 radical (unpaired) electrons. The first-order valence-corrected chi connectivity index (χ1v) is 13.7. The van der Waals surface area contributed by atoms with Crippen LogP contribution >= 0.6 is 11.3 Å². The highest BCUT2D eigenvalue weighted by molar-refractivity contribution is 7.10. The number of carboxylic acid groups (broad SMARTS) is 3. The fraction of sp³-hybridized carbons (Fsp3) is 0.519. The zero-order valence-corrected chi connectivity index (χ0v) is 24.2. The predicted octanol–water partition coefficient (Wildman–Crippen LogP) is 2.18.